The van der Waals surface area contributed by atoms with Crippen LogP contribution < -0.4 is 20.7 Å². The predicted octanol–water partition coefficient (Wildman–Crippen LogP) is 3.66. The Bertz CT molecular complexity index is 1320. The van der Waals surface area contributed by atoms with E-state index in [4.69, 9.17) is 9.84 Å². The van der Waals surface area contributed by atoms with Gasteiger partial charge in [0.15, 0.2) is 17.3 Å². The number of aromatic nitrogens is 3. The van der Waals surface area contributed by atoms with Gasteiger partial charge in [-0.25, -0.2) is 4.39 Å². The minimum Gasteiger partial charge on any atom is -0.492 e. The number of para-hydroxylation sites is 1. The highest BCUT2D eigenvalue weighted by Gasteiger charge is 2.33. The number of fused-ring (bicyclic) bond motifs is 3. The van der Waals surface area contributed by atoms with Gasteiger partial charge >= 0.3 is 0 Å². The summed E-state index contributed by atoms with van der Waals surface area (Å²) in [5, 5.41) is 13.8. The molecule has 34 heavy (non-hydrogen) atoms. The van der Waals surface area contributed by atoms with Crippen molar-refractivity contribution in [3.63, 3.8) is 0 Å². The second-order valence-corrected chi connectivity index (χ2v) is 8.19. The zero-order chi connectivity index (χ0) is 23.8. The molecule has 3 aromatic rings. The van der Waals surface area contributed by atoms with Crippen molar-refractivity contribution < 1.29 is 18.7 Å². The maximum absolute atomic E-state index is 14.4. The molecule has 3 N–H and O–H groups in total. The topological polar surface area (TPSA) is 110 Å². The van der Waals surface area contributed by atoms with Gasteiger partial charge in [-0.2, -0.15) is 5.10 Å². The molecule has 1 aromatic carbocycles. The number of carbonyl (C=O) groups is 2. The number of hydrogen-bond donors (Lipinski definition) is 3. The number of allylic oxidation sites excluding steroid dienone is 1. The van der Waals surface area contributed by atoms with Crippen molar-refractivity contribution in [3.8, 4) is 17.0 Å². The van der Waals surface area contributed by atoms with Gasteiger partial charge < -0.3 is 20.7 Å². The molecule has 9 nitrogen and oxygen atoms in total. The molecule has 0 unspecified atom stereocenters. The third-order valence-electron chi connectivity index (χ3n) is 5.98. The van der Waals surface area contributed by atoms with Crippen LogP contribution in [0.25, 0.3) is 11.3 Å². The number of carbonyl (C=O) groups excluding carboxylic acids is 2. The molecule has 2 amide bonds. The van der Waals surface area contributed by atoms with Crippen molar-refractivity contribution >= 4 is 28.9 Å². The van der Waals surface area contributed by atoms with Gasteiger partial charge in [-0.15, -0.1) is 0 Å². The van der Waals surface area contributed by atoms with E-state index < -0.39 is 5.82 Å². The summed E-state index contributed by atoms with van der Waals surface area (Å²) in [7, 11) is 1.38. The molecule has 2 bridgehead atoms. The third kappa shape index (κ3) is 3.66. The van der Waals surface area contributed by atoms with Crippen molar-refractivity contribution in [1.29, 1.82) is 0 Å². The lowest BCUT2D eigenvalue weighted by molar-refractivity contribution is -0.118. The normalized spacial score (nSPS) is 20.2. The van der Waals surface area contributed by atoms with Crippen LogP contribution in [-0.2, 0) is 4.79 Å². The van der Waals surface area contributed by atoms with Crippen molar-refractivity contribution in [2.75, 3.05) is 24.3 Å². The summed E-state index contributed by atoms with van der Waals surface area (Å²) in [5.41, 5.74) is 2.49. The highest BCUT2D eigenvalue weighted by Crippen LogP contribution is 2.41. The molecule has 2 aromatic heterocycles. The van der Waals surface area contributed by atoms with Gasteiger partial charge in [0.05, 0.1) is 42.3 Å². The van der Waals surface area contributed by atoms with E-state index >= 15 is 0 Å². The average molecular weight is 462 g/mol. The van der Waals surface area contributed by atoms with Crippen molar-refractivity contribution in [1.82, 2.24) is 20.1 Å². The SMILES string of the molecule is COc1c(F)cccc1Nc1c2nn3c1C(=O)NC[C@H]3C/C=C/[C@H](C)C(=O)Nc1cnccc1-2. The first-order valence-electron chi connectivity index (χ1n) is 10.9. The minimum absolute atomic E-state index is 0.0131. The molecule has 0 radical (unpaired) electrons. The van der Waals surface area contributed by atoms with Gasteiger partial charge in [-0.1, -0.05) is 25.1 Å². The van der Waals surface area contributed by atoms with Gasteiger partial charge in [0, 0.05) is 18.3 Å². The highest BCUT2D eigenvalue weighted by molar-refractivity contribution is 6.05. The van der Waals surface area contributed by atoms with Crippen molar-refractivity contribution in [2.24, 2.45) is 5.92 Å². The van der Waals surface area contributed by atoms with Gasteiger partial charge in [-0.05, 0) is 24.6 Å². The Hall–Kier alpha value is -4.21. The van der Waals surface area contributed by atoms with Crippen LogP contribution in [0.2, 0.25) is 0 Å². The number of halogens is 1. The molecule has 0 saturated carbocycles. The number of methoxy groups -OCH3 is 1. The monoisotopic (exact) mass is 462 g/mol. The molecular weight excluding hydrogens is 439 g/mol. The number of anilines is 3. The van der Waals surface area contributed by atoms with Crippen LogP contribution in [0.3, 0.4) is 0 Å². The minimum atomic E-state index is -0.542. The first-order chi connectivity index (χ1) is 16.5. The lowest BCUT2D eigenvalue weighted by Crippen LogP contribution is -2.39. The summed E-state index contributed by atoms with van der Waals surface area (Å²) < 4.78 is 21.4. The summed E-state index contributed by atoms with van der Waals surface area (Å²) >= 11 is 0. The van der Waals surface area contributed by atoms with E-state index in [1.807, 2.05) is 19.1 Å². The molecule has 10 heteroatoms. The van der Waals surface area contributed by atoms with E-state index in [9.17, 15) is 14.0 Å². The number of nitrogens with one attached hydrogen (secondary N) is 3. The van der Waals surface area contributed by atoms with Crippen molar-refractivity contribution in [3.05, 3.63) is 60.3 Å². The standard InChI is InChI=1S/C24H23FN6O3/c1-13-5-3-6-14-11-27-24(33)21-20(28-17-8-4-7-16(25)22(17)34-2)19(30-31(14)21)15-9-10-26-12-18(15)29-23(13)32/h3-5,7-10,12-14,28H,6,11H2,1-2H3,(H,27,33)(H,29,32)/b5-3+/t13-,14+/m0/s1. The fourth-order valence-electron chi connectivity index (χ4n) is 4.21. The summed E-state index contributed by atoms with van der Waals surface area (Å²) in [5.74, 6) is -1.38. The molecule has 0 spiro atoms. The number of rotatable bonds is 3. The first kappa shape index (κ1) is 21.6. The molecule has 5 rings (SSSR count). The van der Waals surface area contributed by atoms with E-state index in [1.165, 1.54) is 19.4 Å². The predicted molar refractivity (Wildman–Crippen MR) is 125 cm³/mol. The quantitative estimate of drug-likeness (QED) is 0.513. The Morgan fingerprint density at radius 1 is 1.26 bits per heavy atom. The van der Waals surface area contributed by atoms with E-state index in [2.05, 4.69) is 20.9 Å². The molecule has 0 saturated heterocycles. The maximum Gasteiger partial charge on any atom is 0.271 e. The summed E-state index contributed by atoms with van der Waals surface area (Å²) in [6.45, 7) is 2.21. The van der Waals surface area contributed by atoms with E-state index in [-0.39, 0.29) is 29.5 Å². The third-order valence-corrected chi connectivity index (χ3v) is 5.98. The van der Waals surface area contributed by atoms with Crippen LogP contribution in [0.1, 0.15) is 29.9 Å². The number of ether oxygens (including phenoxy) is 1. The lowest BCUT2D eigenvalue weighted by atomic mass is 10.1. The Morgan fingerprint density at radius 2 is 2.12 bits per heavy atom. The molecular formula is C24H23FN6O3. The lowest BCUT2D eigenvalue weighted by Gasteiger charge is -2.24. The van der Waals surface area contributed by atoms with Crippen LogP contribution >= 0.6 is 0 Å². The Balaban J connectivity index is 1.75. The molecule has 2 aliphatic heterocycles. The van der Waals surface area contributed by atoms with Crippen molar-refractivity contribution in [2.45, 2.75) is 19.4 Å². The van der Waals surface area contributed by atoms with Crippen LogP contribution in [0.5, 0.6) is 5.75 Å². The van der Waals surface area contributed by atoms with Gasteiger partial charge in [0.25, 0.3) is 5.91 Å². The van der Waals surface area contributed by atoms with Crippen LogP contribution in [0.15, 0.2) is 48.8 Å². The number of hydrogen-bond acceptors (Lipinski definition) is 6. The number of nitrogens with zero attached hydrogens (tertiary/aromatic N) is 3. The van der Waals surface area contributed by atoms with Gasteiger partial charge in [0.2, 0.25) is 5.91 Å². The Morgan fingerprint density at radius 3 is 2.94 bits per heavy atom. The fraction of sp³-hybridized carbons (Fsp3) is 0.250. The second-order valence-electron chi connectivity index (χ2n) is 8.19. The molecule has 0 fully saturated rings. The molecule has 174 valence electrons. The zero-order valence-corrected chi connectivity index (χ0v) is 18.6. The first-order valence-corrected chi connectivity index (χ1v) is 10.9. The summed E-state index contributed by atoms with van der Waals surface area (Å²) in [4.78, 5) is 30.0. The van der Waals surface area contributed by atoms with Crippen LogP contribution in [0.4, 0.5) is 21.5 Å². The molecule has 2 aliphatic rings. The molecule has 2 atom stereocenters. The van der Waals surface area contributed by atoms with Crippen LogP contribution in [-0.4, -0.2) is 40.2 Å². The smallest absolute Gasteiger partial charge is 0.271 e. The highest BCUT2D eigenvalue weighted by atomic mass is 19.1. The van der Waals surface area contributed by atoms with Crippen LogP contribution in [0, 0.1) is 11.7 Å². The summed E-state index contributed by atoms with van der Waals surface area (Å²) in [6, 6.07) is 6.05. The molecule has 0 aliphatic carbocycles. The maximum atomic E-state index is 14.4. The summed E-state index contributed by atoms with van der Waals surface area (Å²) in [6.07, 6.45) is 7.45. The molecule has 4 heterocycles. The second kappa shape index (κ2) is 8.62. The Labute approximate surface area is 195 Å². The van der Waals surface area contributed by atoms with E-state index in [0.717, 1.165) is 0 Å². The zero-order valence-electron chi connectivity index (χ0n) is 18.6. The van der Waals surface area contributed by atoms with E-state index in [0.29, 0.717) is 47.0 Å². The number of benzene rings is 1. The fourth-order valence-corrected chi connectivity index (χ4v) is 4.21. The number of pyridine rings is 1. The van der Waals surface area contributed by atoms with Gasteiger partial charge in [-0.3, -0.25) is 19.3 Å². The van der Waals surface area contributed by atoms with E-state index in [1.54, 1.807) is 29.1 Å². The average Bonchev–Trinajstić information content (AvgIpc) is 3.20. The number of amides is 2. The van der Waals surface area contributed by atoms with Gasteiger partial charge in [0.1, 0.15) is 5.69 Å². The largest absolute Gasteiger partial charge is 0.492 e. The Kier molecular flexibility index (Phi) is 5.48.